The van der Waals surface area contributed by atoms with E-state index < -0.39 is 0 Å². The van der Waals surface area contributed by atoms with Gasteiger partial charge in [-0.25, -0.2) is 9.97 Å². The Morgan fingerprint density at radius 1 is 0.315 bits per heavy atom. The maximum atomic E-state index is 5.03. The van der Waals surface area contributed by atoms with Crippen molar-refractivity contribution in [2.75, 3.05) is 0 Å². The fraction of sp³-hybridized carbons (Fsp3) is 0. The van der Waals surface area contributed by atoms with E-state index in [-0.39, 0.29) is 0 Å². The van der Waals surface area contributed by atoms with Crippen LogP contribution in [-0.2, 0) is 0 Å². The van der Waals surface area contributed by atoms with E-state index in [0.717, 1.165) is 43.6 Å². The summed E-state index contributed by atoms with van der Waals surface area (Å²) >= 11 is 3.56. The van der Waals surface area contributed by atoms with Crippen LogP contribution in [-0.4, -0.2) is 18.8 Å². The van der Waals surface area contributed by atoms with Crippen LogP contribution in [0.5, 0.6) is 0 Å². The van der Waals surface area contributed by atoms with Crippen molar-refractivity contribution < 1.29 is 0 Å². The van der Waals surface area contributed by atoms with Gasteiger partial charge in [0, 0.05) is 34.5 Å². The van der Waals surface area contributed by atoms with Gasteiger partial charge in [0.05, 0.1) is 21.1 Å². The number of pyridine rings is 2. The second-order valence-electron chi connectivity index (χ2n) is 13.5. The van der Waals surface area contributed by atoms with Crippen molar-refractivity contribution in [2.45, 2.75) is 0 Å². The van der Waals surface area contributed by atoms with Crippen molar-refractivity contribution in [3.05, 3.63) is 183 Å². The van der Waals surface area contributed by atoms with Gasteiger partial charge in [-0.1, -0.05) is 109 Å². The van der Waals surface area contributed by atoms with E-state index in [4.69, 9.17) is 9.97 Å². The summed E-state index contributed by atoms with van der Waals surface area (Å²) in [5.74, 6) is 0. The summed E-state index contributed by atoms with van der Waals surface area (Å²) < 4.78 is 4.34. The molecule has 0 fully saturated rings. The highest BCUT2D eigenvalue weighted by Gasteiger charge is 2.19. The Morgan fingerprint density at radius 2 is 0.685 bits per heavy atom. The zero-order chi connectivity index (χ0) is 35.6. The topological polar surface area (TPSA) is 34.6 Å². The van der Waals surface area contributed by atoms with Crippen LogP contribution in [0.4, 0.5) is 0 Å². The quantitative estimate of drug-likeness (QED) is 0.160. The highest BCUT2D eigenvalue weighted by molar-refractivity contribution is 7.19. The zero-order valence-corrected chi connectivity index (χ0v) is 30.6. The van der Waals surface area contributed by atoms with E-state index >= 15 is 0 Å². The van der Waals surface area contributed by atoms with Crippen LogP contribution < -0.4 is 0 Å². The monoisotopic (exact) mass is 726 g/mol. The molecule has 254 valence electrons. The molecule has 0 saturated heterocycles. The van der Waals surface area contributed by atoms with Crippen LogP contribution in [0, 0.1) is 0 Å². The summed E-state index contributed by atoms with van der Waals surface area (Å²) in [5, 5.41) is 4.87. The van der Waals surface area contributed by atoms with E-state index in [1.165, 1.54) is 53.6 Å². The SMILES string of the molecule is c1ccc(-c2ccc(-c3cn4cc(-c5c6ccccc6c(-c6ccc7nc(-c8ccc(-c9ccccc9)s8)cn7c6)c6ccccc56)ccc4n3)s2)cc1. The van der Waals surface area contributed by atoms with Crippen LogP contribution in [0.2, 0.25) is 0 Å². The molecule has 0 N–H and O–H groups in total. The third-order valence-electron chi connectivity index (χ3n) is 10.2. The van der Waals surface area contributed by atoms with Gasteiger partial charge in [0.1, 0.15) is 11.3 Å². The standard InChI is InChI=1S/C48H30N4S2/c1-3-11-31(12-4-1)41-21-23-43(53-41)39-29-51-27-33(19-25-45(51)49-39)47-35-15-7-9-17-37(35)48(38-18-10-8-16-36(38)47)34-20-26-46-50-40(30-52(46)28-34)44-24-22-42(54-44)32-13-5-2-6-14-32/h1-30H. The van der Waals surface area contributed by atoms with Crippen molar-refractivity contribution in [3.63, 3.8) is 0 Å². The number of benzene rings is 5. The molecule has 5 aromatic carbocycles. The van der Waals surface area contributed by atoms with Gasteiger partial charge in [-0.15, -0.1) is 22.7 Å². The second kappa shape index (κ2) is 12.5. The number of imidazole rings is 2. The molecule has 11 aromatic rings. The predicted octanol–water partition coefficient (Wildman–Crippen LogP) is 13.4. The van der Waals surface area contributed by atoms with Gasteiger partial charge < -0.3 is 8.80 Å². The first-order valence-electron chi connectivity index (χ1n) is 18.0. The van der Waals surface area contributed by atoms with Crippen molar-refractivity contribution in [1.82, 2.24) is 18.8 Å². The van der Waals surface area contributed by atoms with Gasteiger partial charge >= 0.3 is 0 Å². The minimum Gasteiger partial charge on any atom is -0.306 e. The molecule has 4 nitrogen and oxygen atoms in total. The van der Waals surface area contributed by atoms with Gasteiger partial charge in [-0.2, -0.15) is 0 Å². The third-order valence-corrected chi connectivity index (χ3v) is 12.6. The van der Waals surface area contributed by atoms with Gasteiger partial charge in [-0.3, -0.25) is 0 Å². The Balaban J connectivity index is 1.01. The third kappa shape index (κ3) is 5.18. The lowest BCUT2D eigenvalue weighted by molar-refractivity contribution is 1.19. The van der Waals surface area contributed by atoms with Gasteiger partial charge in [0.25, 0.3) is 0 Å². The molecule has 0 radical (unpaired) electrons. The summed E-state index contributed by atoms with van der Waals surface area (Å²) in [6.07, 6.45) is 8.79. The number of thiophene rings is 2. The lowest BCUT2D eigenvalue weighted by Crippen LogP contribution is -1.93. The number of aromatic nitrogens is 4. The smallest absolute Gasteiger partial charge is 0.137 e. The Morgan fingerprint density at radius 3 is 1.09 bits per heavy atom. The van der Waals surface area contributed by atoms with Crippen LogP contribution in [0.1, 0.15) is 0 Å². The molecule has 54 heavy (non-hydrogen) atoms. The number of hydrogen-bond acceptors (Lipinski definition) is 4. The van der Waals surface area contributed by atoms with Crippen LogP contribution in [0.25, 0.3) is 97.1 Å². The van der Waals surface area contributed by atoms with Crippen molar-refractivity contribution in [1.29, 1.82) is 0 Å². The first-order valence-corrected chi connectivity index (χ1v) is 19.6. The molecule has 0 unspecified atom stereocenters. The zero-order valence-electron chi connectivity index (χ0n) is 28.9. The lowest BCUT2D eigenvalue weighted by Gasteiger charge is -2.18. The van der Waals surface area contributed by atoms with Crippen molar-refractivity contribution in [3.8, 4) is 64.3 Å². The highest BCUT2D eigenvalue weighted by Crippen LogP contribution is 2.44. The molecule has 0 aliphatic heterocycles. The molecule has 0 spiro atoms. The fourth-order valence-electron chi connectivity index (χ4n) is 7.73. The fourth-order valence-corrected chi connectivity index (χ4v) is 9.67. The molecular formula is C48H30N4S2. The summed E-state index contributed by atoms with van der Waals surface area (Å²) in [6.45, 7) is 0. The molecule has 0 aliphatic carbocycles. The van der Waals surface area contributed by atoms with E-state index in [1.807, 2.05) is 0 Å². The van der Waals surface area contributed by atoms with E-state index in [2.05, 4.69) is 191 Å². The molecule has 0 saturated carbocycles. The van der Waals surface area contributed by atoms with Crippen molar-refractivity contribution in [2.24, 2.45) is 0 Å². The summed E-state index contributed by atoms with van der Waals surface area (Å²) in [6, 6.07) is 56.2. The molecule has 0 aliphatic rings. The second-order valence-corrected chi connectivity index (χ2v) is 15.7. The summed E-state index contributed by atoms with van der Waals surface area (Å²) in [5.41, 5.74) is 11.0. The summed E-state index contributed by atoms with van der Waals surface area (Å²) in [7, 11) is 0. The normalized spacial score (nSPS) is 11.7. The van der Waals surface area contributed by atoms with Gasteiger partial charge in [0.2, 0.25) is 0 Å². The lowest BCUT2D eigenvalue weighted by atomic mass is 9.87. The maximum Gasteiger partial charge on any atom is 0.137 e. The van der Waals surface area contributed by atoms with Gasteiger partial charge in [-0.05, 0) is 103 Å². The number of fused-ring (bicyclic) bond motifs is 4. The Bertz CT molecular complexity index is 2900. The molecule has 6 heterocycles. The van der Waals surface area contributed by atoms with E-state index in [0.29, 0.717) is 0 Å². The van der Waals surface area contributed by atoms with E-state index in [9.17, 15) is 0 Å². The van der Waals surface area contributed by atoms with Crippen molar-refractivity contribution >= 4 is 55.5 Å². The minimum absolute atomic E-state index is 0.931. The predicted molar refractivity (Wildman–Crippen MR) is 227 cm³/mol. The molecular weight excluding hydrogens is 697 g/mol. The first-order chi connectivity index (χ1) is 26.7. The number of nitrogens with zero attached hydrogens (tertiary/aromatic N) is 4. The van der Waals surface area contributed by atoms with Crippen LogP contribution in [0.3, 0.4) is 0 Å². The summed E-state index contributed by atoms with van der Waals surface area (Å²) in [4.78, 5) is 14.9. The number of hydrogen-bond donors (Lipinski definition) is 0. The Kier molecular flexibility index (Phi) is 7.18. The maximum absolute atomic E-state index is 5.03. The average Bonchev–Trinajstić information content (AvgIpc) is 4.06. The molecule has 6 heteroatoms. The Labute approximate surface area is 319 Å². The minimum atomic E-state index is 0.931. The Hall–Kier alpha value is -6.60. The molecule has 0 amide bonds. The molecule has 0 bridgehead atoms. The average molecular weight is 727 g/mol. The largest absolute Gasteiger partial charge is 0.306 e. The molecule has 0 atom stereocenters. The van der Waals surface area contributed by atoms with Gasteiger partial charge in [0.15, 0.2) is 0 Å². The van der Waals surface area contributed by atoms with E-state index in [1.54, 1.807) is 22.7 Å². The first kappa shape index (κ1) is 31.0. The van der Waals surface area contributed by atoms with Crippen LogP contribution >= 0.6 is 22.7 Å². The van der Waals surface area contributed by atoms with Crippen LogP contribution in [0.15, 0.2) is 183 Å². The molecule has 6 aromatic heterocycles. The number of rotatable bonds is 6. The molecule has 11 rings (SSSR count). The highest BCUT2D eigenvalue weighted by atomic mass is 32.1.